The van der Waals surface area contributed by atoms with Crippen molar-refractivity contribution in [2.45, 2.75) is 0 Å². The van der Waals surface area contributed by atoms with E-state index >= 15 is 0 Å². The van der Waals surface area contributed by atoms with Gasteiger partial charge in [0.15, 0.2) is 0 Å². The molecule has 17 heavy (non-hydrogen) atoms. The topological polar surface area (TPSA) is 74.4 Å². The lowest BCUT2D eigenvalue weighted by atomic mass is 10.1. The van der Waals surface area contributed by atoms with Gasteiger partial charge in [0.05, 0.1) is 19.8 Å². The first kappa shape index (κ1) is 11.2. The van der Waals surface area contributed by atoms with Gasteiger partial charge in [-0.05, 0) is 12.1 Å². The molecule has 0 unspecified atom stereocenters. The Balaban J connectivity index is 2.81. The molecule has 0 aliphatic rings. The lowest BCUT2D eigenvalue weighted by molar-refractivity contribution is 0.0603. The normalized spacial score (nSPS) is 10.2. The number of pyridine rings is 1. The van der Waals surface area contributed by atoms with Crippen molar-refractivity contribution in [3.05, 3.63) is 29.8 Å². The molecule has 2 aromatic rings. The number of nitrogens with two attached hydrogens (primary N) is 1. The Bertz CT molecular complexity index is 581. The summed E-state index contributed by atoms with van der Waals surface area (Å²) < 4.78 is 9.89. The molecule has 0 saturated carbocycles. The Hall–Kier alpha value is -2.30. The summed E-state index contributed by atoms with van der Waals surface area (Å²) in [5, 5.41) is 0.658. The number of ether oxygens (including phenoxy) is 2. The molecule has 0 aliphatic heterocycles. The van der Waals surface area contributed by atoms with Crippen LogP contribution in [0, 0.1) is 0 Å². The van der Waals surface area contributed by atoms with Crippen molar-refractivity contribution >= 4 is 22.7 Å². The van der Waals surface area contributed by atoms with Crippen LogP contribution in [0.4, 0.5) is 5.82 Å². The molecule has 0 aliphatic carbocycles. The van der Waals surface area contributed by atoms with Crippen LogP contribution in [0.3, 0.4) is 0 Å². The third-order valence-electron chi connectivity index (χ3n) is 2.45. The maximum absolute atomic E-state index is 11.6. The van der Waals surface area contributed by atoms with Crippen molar-refractivity contribution in [1.29, 1.82) is 0 Å². The van der Waals surface area contributed by atoms with Crippen LogP contribution in [0.5, 0.6) is 5.75 Å². The van der Waals surface area contributed by atoms with Crippen LogP contribution in [-0.2, 0) is 4.74 Å². The number of anilines is 1. The molecule has 2 rings (SSSR count). The maximum atomic E-state index is 11.6. The Morgan fingerprint density at radius 3 is 2.76 bits per heavy atom. The predicted octanol–water partition coefficient (Wildman–Crippen LogP) is 1.61. The molecule has 1 aromatic carbocycles. The van der Waals surface area contributed by atoms with Crippen LogP contribution in [0.15, 0.2) is 24.3 Å². The second-order valence-electron chi connectivity index (χ2n) is 3.44. The van der Waals surface area contributed by atoms with Gasteiger partial charge in [-0.2, -0.15) is 0 Å². The van der Waals surface area contributed by atoms with Gasteiger partial charge in [-0.25, -0.2) is 9.78 Å². The Kier molecular flexibility index (Phi) is 2.82. The molecule has 1 aromatic heterocycles. The van der Waals surface area contributed by atoms with E-state index in [9.17, 15) is 4.79 Å². The van der Waals surface area contributed by atoms with Crippen LogP contribution in [-0.4, -0.2) is 25.2 Å². The zero-order valence-electron chi connectivity index (χ0n) is 9.56. The second-order valence-corrected chi connectivity index (χ2v) is 3.44. The van der Waals surface area contributed by atoms with E-state index in [0.717, 1.165) is 0 Å². The Morgan fingerprint density at radius 1 is 1.35 bits per heavy atom. The van der Waals surface area contributed by atoms with E-state index in [-0.39, 0.29) is 5.82 Å². The lowest BCUT2D eigenvalue weighted by Gasteiger charge is -2.08. The number of nitrogens with zero attached hydrogens (tertiary/aromatic N) is 1. The van der Waals surface area contributed by atoms with Gasteiger partial charge in [-0.1, -0.05) is 12.1 Å². The largest absolute Gasteiger partial charge is 0.494 e. The molecule has 1 heterocycles. The summed E-state index contributed by atoms with van der Waals surface area (Å²) in [6.45, 7) is 0. The van der Waals surface area contributed by atoms with Crippen molar-refractivity contribution in [3.8, 4) is 5.75 Å². The minimum atomic E-state index is -0.447. The van der Waals surface area contributed by atoms with Gasteiger partial charge in [0.25, 0.3) is 0 Å². The SMILES string of the molecule is COC(=O)c1cc(N)nc2c(OC)cccc12. The number of carbonyl (C=O) groups is 1. The van der Waals surface area contributed by atoms with Gasteiger partial charge in [-0.15, -0.1) is 0 Å². The summed E-state index contributed by atoms with van der Waals surface area (Å²) in [5.41, 5.74) is 6.60. The molecule has 0 bridgehead atoms. The number of hydrogen-bond donors (Lipinski definition) is 1. The molecule has 5 heteroatoms. The highest BCUT2D eigenvalue weighted by Gasteiger charge is 2.14. The average Bonchev–Trinajstić information content (AvgIpc) is 2.36. The summed E-state index contributed by atoms with van der Waals surface area (Å²) in [7, 11) is 2.86. The number of benzene rings is 1. The summed E-state index contributed by atoms with van der Waals surface area (Å²) >= 11 is 0. The van der Waals surface area contributed by atoms with Crippen molar-refractivity contribution in [1.82, 2.24) is 4.98 Å². The van der Waals surface area contributed by atoms with Gasteiger partial charge in [-0.3, -0.25) is 0 Å². The number of para-hydroxylation sites is 1. The quantitative estimate of drug-likeness (QED) is 0.796. The number of carbonyl (C=O) groups excluding carboxylic acids is 1. The molecule has 2 N–H and O–H groups in total. The number of rotatable bonds is 2. The zero-order chi connectivity index (χ0) is 12.4. The maximum Gasteiger partial charge on any atom is 0.338 e. The van der Waals surface area contributed by atoms with Crippen LogP contribution in [0.2, 0.25) is 0 Å². The van der Waals surface area contributed by atoms with E-state index in [1.807, 2.05) is 0 Å². The minimum absolute atomic E-state index is 0.252. The standard InChI is InChI=1S/C12H12N2O3/c1-16-9-5-3-4-7-8(12(15)17-2)6-10(13)14-11(7)9/h3-6H,1-2H3,(H2,13,14). The third kappa shape index (κ3) is 1.87. The van der Waals surface area contributed by atoms with Gasteiger partial charge < -0.3 is 15.2 Å². The van der Waals surface area contributed by atoms with Gasteiger partial charge in [0, 0.05) is 5.39 Å². The highest BCUT2D eigenvalue weighted by atomic mass is 16.5. The molecule has 0 radical (unpaired) electrons. The second kappa shape index (κ2) is 4.29. The van der Waals surface area contributed by atoms with E-state index < -0.39 is 5.97 Å². The van der Waals surface area contributed by atoms with E-state index in [1.54, 1.807) is 18.2 Å². The molecular weight excluding hydrogens is 220 g/mol. The molecule has 0 atom stereocenters. The number of fused-ring (bicyclic) bond motifs is 1. The summed E-state index contributed by atoms with van der Waals surface area (Å²) in [6.07, 6.45) is 0. The highest BCUT2D eigenvalue weighted by molar-refractivity contribution is 6.05. The zero-order valence-corrected chi connectivity index (χ0v) is 9.56. The number of hydrogen-bond acceptors (Lipinski definition) is 5. The van der Waals surface area contributed by atoms with E-state index in [1.165, 1.54) is 20.3 Å². The Morgan fingerprint density at radius 2 is 2.12 bits per heavy atom. The number of esters is 1. The van der Waals surface area contributed by atoms with Gasteiger partial charge in [0.2, 0.25) is 0 Å². The first-order chi connectivity index (χ1) is 8.17. The third-order valence-corrected chi connectivity index (χ3v) is 2.45. The molecular formula is C12H12N2O3. The Labute approximate surface area is 98.2 Å². The molecule has 0 amide bonds. The van der Waals surface area contributed by atoms with Crippen molar-refractivity contribution in [2.75, 3.05) is 20.0 Å². The highest BCUT2D eigenvalue weighted by Crippen LogP contribution is 2.27. The molecule has 5 nitrogen and oxygen atoms in total. The van der Waals surface area contributed by atoms with Crippen LogP contribution in [0.25, 0.3) is 10.9 Å². The smallest absolute Gasteiger partial charge is 0.338 e. The fourth-order valence-corrected chi connectivity index (χ4v) is 1.69. The van der Waals surface area contributed by atoms with Crippen molar-refractivity contribution < 1.29 is 14.3 Å². The van der Waals surface area contributed by atoms with Gasteiger partial charge >= 0.3 is 5.97 Å². The molecule has 0 saturated heterocycles. The van der Waals surface area contributed by atoms with E-state index in [0.29, 0.717) is 22.2 Å². The monoisotopic (exact) mass is 232 g/mol. The van der Waals surface area contributed by atoms with Crippen molar-refractivity contribution in [2.24, 2.45) is 0 Å². The van der Waals surface area contributed by atoms with Gasteiger partial charge in [0.1, 0.15) is 17.1 Å². The average molecular weight is 232 g/mol. The van der Waals surface area contributed by atoms with Crippen LogP contribution < -0.4 is 10.5 Å². The first-order valence-corrected chi connectivity index (χ1v) is 4.99. The lowest BCUT2D eigenvalue weighted by Crippen LogP contribution is -2.05. The van der Waals surface area contributed by atoms with Crippen molar-refractivity contribution in [3.63, 3.8) is 0 Å². The molecule has 0 fully saturated rings. The number of methoxy groups -OCH3 is 2. The first-order valence-electron chi connectivity index (χ1n) is 4.99. The molecule has 88 valence electrons. The predicted molar refractivity (Wildman–Crippen MR) is 64.0 cm³/mol. The number of aromatic nitrogens is 1. The summed E-state index contributed by atoms with van der Waals surface area (Å²) in [4.78, 5) is 15.8. The fourth-order valence-electron chi connectivity index (χ4n) is 1.69. The van der Waals surface area contributed by atoms with E-state index in [4.69, 9.17) is 15.2 Å². The number of nitrogen functional groups attached to an aromatic ring is 1. The van der Waals surface area contributed by atoms with E-state index in [2.05, 4.69) is 4.98 Å². The van der Waals surface area contributed by atoms with Crippen LogP contribution in [0.1, 0.15) is 10.4 Å². The molecule has 0 spiro atoms. The summed E-state index contributed by atoms with van der Waals surface area (Å²) in [5.74, 6) is 0.375. The summed E-state index contributed by atoms with van der Waals surface area (Å²) in [6, 6.07) is 6.81. The van der Waals surface area contributed by atoms with Crippen LogP contribution >= 0.6 is 0 Å². The minimum Gasteiger partial charge on any atom is -0.494 e. The fraction of sp³-hybridized carbons (Fsp3) is 0.167.